The van der Waals surface area contributed by atoms with Crippen LogP contribution in [0.25, 0.3) is 0 Å². The molecule has 0 aliphatic heterocycles. The van der Waals surface area contributed by atoms with Crippen LogP contribution in [0.2, 0.25) is 10.2 Å². The number of halogens is 2. The Kier molecular flexibility index (Phi) is 4.08. The summed E-state index contributed by atoms with van der Waals surface area (Å²) in [5.74, 6) is -0.238. The molecule has 0 saturated heterocycles. The molecule has 0 aliphatic carbocycles. The first-order valence-corrected chi connectivity index (χ1v) is 6.43. The zero-order chi connectivity index (χ0) is 14.0. The van der Waals surface area contributed by atoms with E-state index in [1.807, 2.05) is 13.8 Å². The molecule has 0 radical (unpaired) electrons. The van der Waals surface area contributed by atoms with Crippen LogP contribution in [0.1, 0.15) is 21.5 Å². The standard InChI is InChI=1S/C14H12Cl2N2O/c1-8-5-6-17-13(16)12(8)18-14(19)10-3-4-11(15)9(2)7-10/h3-7H,1-2H3,(H,18,19). The fourth-order valence-electron chi connectivity index (χ4n) is 1.65. The van der Waals surface area contributed by atoms with Crippen molar-refractivity contribution < 1.29 is 4.79 Å². The molecule has 0 aliphatic rings. The predicted molar refractivity (Wildman–Crippen MR) is 78.1 cm³/mol. The van der Waals surface area contributed by atoms with E-state index in [1.54, 1.807) is 30.5 Å². The van der Waals surface area contributed by atoms with E-state index in [-0.39, 0.29) is 11.1 Å². The van der Waals surface area contributed by atoms with Gasteiger partial charge in [-0.3, -0.25) is 4.79 Å². The minimum Gasteiger partial charge on any atom is -0.319 e. The highest BCUT2D eigenvalue weighted by Gasteiger charge is 2.12. The zero-order valence-corrected chi connectivity index (χ0v) is 12.0. The summed E-state index contributed by atoms with van der Waals surface area (Å²) in [7, 11) is 0. The number of aromatic nitrogens is 1. The first-order chi connectivity index (χ1) is 8.99. The maximum atomic E-state index is 12.1. The number of rotatable bonds is 2. The van der Waals surface area contributed by atoms with Gasteiger partial charge in [0.1, 0.15) is 0 Å². The smallest absolute Gasteiger partial charge is 0.255 e. The fraction of sp³-hybridized carbons (Fsp3) is 0.143. The molecule has 0 atom stereocenters. The van der Waals surface area contributed by atoms with Gasteiger partial charge < -0.3 is 5.32 Å². The number of hydrogen-bond donors (Lipinski definition) is 1. The molecule has 2 rings (SSSR count). The number of pyridine rings is 1. The molecule has 19 heavy (non-hydrogen) atoms. The topological polar surface area (TPSA) is 42.0 Å². The minimum atomic E-state index is -0.238. The summed E-state index contributed by atoms with van der Waals surface area (Å²) in [5.41, 5.74) is 2.77. The SMILES string of the molecule is Cc1cc(C(=O)Nc2c(C)ccnc2Cl)ccc1Cl. The summed E-state index contributed by atoms with van der Waals surface area (Å²) in [6, 6.07) is 6.89. The number of aryl methyl sites for hydroxylation is 2. The van der Waals surface area contributed by atoms with Gasteiger partial charge in [0, 0.05) is 16.8 Å². The minimum absolute atomic E-state index is 0.238. The lowest BCUT2D eigenvalue weighted by atomic mass is 10.1. The van der Waals surface area contributed by atoms with Gasteiger partial charge in [0.25, 0.3) is 5.91 Å². The van der Waals surface area contributed by atoms with Crippen LogP contribution in [0, 0.1) is 13.8 Å². The zero-order valence-electron chi connectivity index (χ0n) is 10.5. The fourth-order valence-corrected chi connectivity index (χ4v) is 2.02. The van der Waals surface area contributed by atoms with Crippen LogP contribution in [0.15, 0.2) is 30.5 Å². The van der Waals surface area contributed by atoms with E-state index < -0.39 is 0 Å². The first kappa shape index (κ1) is 13.8. The third-order valence-corrected chi connectivity index (χ3v) is 3.48. The number of nitrogens with zero attached hydrogens (tertiary/aromatic N) is 1. The summed E-state index contributed by atoms with van der Waals surface area (Å²) in [6.45, 7) is 3.71. The molecule has 1 amide bonds. The van der Waals surface area contributed by atoms with Gasteiger partial charge in [-0.2, -0.15) is 0 Å². The summed E-state index contributed by atoms with van der Waals surface area (Å²) in [6.07, 6.45) is 1.60. The third kappa shape index (κ3) is 3.06. The molecule has 0 spiro atoms. The van der Waals surface area contributed by atoms with Crippen molar-refractivity contribution in [1.82, 2.24) is 4.98 Å². The average Bonchev–Trinajstić information content (AvgIpc) is 2.37. The first-order valence-electron chi connectivity index (χ1n) is 5.67. The van der Waals surface area contributed by atoms with E-state index in [4.69, 9.17) is 23.2 Å². The van der Waals surface area contributed by atoms with Crippen LogP contribution in [0.5, 0.6) is 0 Å². The van der Waals surface area contributed by atoms with E-state index in [1.165, 1.54) is 0 Å². The van der Waals surface area contributed by atoms with E-state index >= 15 is 0 Å². The molecule has 98 valence electrons. The van der Waals surface area contributed by atoms with Crippen LogP contribution in [-0.4, -0.2) is 10.9 Å². The van der Waals surface area contributed by atoms with E-state index in [0.29, 0.717) is 16.3 Å². The van der Waals surface area contributed by atoms with E-state index in [0.717, 1.165) is 11.1 Å². The second-order valence-corrected chi connectivity index (χ2v) is 4.98. The maximum Gasteiger partial charge on any atom is 0.255 e. The van der Waals surface area contributed by atoms with Gasteiger partial charge in [-0.1, -0.05) is 23.2 Å². The van der Waals surface area contributed by atoms with Crippen molar-refractivity contribution in [2.45, 2.75) is 13.8 Å². The number of benzene rings is 1. The van der Waals surface area contributed by atoms with Gasteiger partial charge >= 0.3 is 0 Å². The van der Waals surface area contributed by atoms with Crippen molar-refractivity contribution >= 4 is 34.8 Å². The summed E-state index contributed by atoms with van der Waals surface area (Å²) in [4.78, 5) is 16.1. The second-order valence-electron chi connectivity index (χ2n) is 4.21. The Bertz CT molecular complexity index is 621. The number of hydrogen-bond acceptors (Lipinski definition) is 2. The molecule has 1 aromatic carbocycles. The quantitative estimate of drug-likeness (QED) is 0.841. The lowest BCUT2D eigenvalue weighted by molar-refractivity contribution is 0.102. The molecule has 1 N–H and O–H groups in total. The van der Waals surface area contributed by atoms with Gasteiger partial charge in [-0.15, -0.1) is 0 Å². The Balaban J connectivity index is 2.28. The Morgan fingerprint density at radius 1 is 1.16 bits per heavy atom. The second kappa shape index (κ2) is 5.59. The van der Waals surface area contributed by atoms with Gasteiger partial charge in [0.05, 0.1) is 5.69 Å². The van der Waals surface area contributed by atoms with Gasteiger partial charge in [0.15, 0.2) is 5.15 Å². The largest absolute Gasteiger partial charge is 0.319 e. The highest BCUT2D eigenvalue weighted by Crippen LogP contribution is 2.24. The van der Waals surface area contributed by atoms with Crippen LogP contribution < -0.4 is 5.32 Å². The van der Waals surface area contributed by atoms with Gasteiger partial charge in [-0.25, -0.2) is 4.98 Å². The third-order valence-electron chi connectivity index (χ3n) is 2.77. The van der Waals surface area contributed by atoms with Crippen LogP contribution >= 0.6 is 23.2 Å². The van der Waals surface area contributed by atoms with Gasteiger partial charge in [-0.05, 0) is 49.2 Å². The van der Waals surface area contributed by atoms with Crippen molar-refractivity contribution in [1.29, 1.82) is 0 Å². The van der Waals surface area contributed by atoms with Crippen molar-refractivity contribution in [3.05, 3.63) is 57.3 Å². The number of anilines is 1. The average molecular weight is 295 g/mol. The molecule has 1 aromatic heterocycles. The van der Waals surface area contributed by atoms with Gasteiger partial charge in [0.2, 0.25) is 0 Å². The molecule has 0 bridgehead atoms. The van der Waals surface area contributed by atoms with Crippen LogP contribution in [0.3, 0.4) is 0 Å². The molecule has 0 saturated carbocycles. The molecule has 5 heteroatoms. The Morgan fingerprint density at radius 3 is 2.53 bits per heavy atom. The van der Waals surface area contributed by atoms with Crippen LogP contribution in [0.4, 0.5) is 5.69 Å². The number of amides is 1. The highest BCUT2D eigenvalue weighted by atomic mass is 35.5. The molecule has 3 nitrogen and oxygen atoms in total. The highest BCUT2D eigenvalue weighted by molar-refractivity contribution is 6.33. The Morgan fingerprint density at radius 2 is 1.89 bits per heavy atom. The van der Waals surface area contributed by atoms with Crippen molar-refractivity contribution in [3.63, 3.8) is 0 Å². The van der Waals surface area contributed by atoms with Crippen molar-refractivity contribution in [2.24, 2.45) is 0 Å². The molecule has 0 fully saturated rings. The van der Waals surface area contributed by atoms with Crippen LogP contribution in [-0.2, 0) is 0 Å². The lowest BCUT2D eigenvalue weighted by Gasteiger charge is -2.10. The monoisotopic (exact) mass is 294 g/mol. The summed E-state index contributed by atoms with van der Waals surface area (Å²) < 4.78 is 0. The van der Waals surface area contributed by atoms with E-state index in [2.05, 4.69) is 10.3 Å². The lowest BCUT2D eigenvalue weighted by Crippen LogP contribution is -2.13. The Hall–Kier alpha value is -1.58. The molecule has 2 aromatic rings. The number of carbonyl (C=O) groups excluding carboxylic acids is 1. The maximum absolute atomic E-state index is 12.1. The summed E-state index contributed by atoms with van der Waals surface area (Å²) >= 11 is 11.9. The molecule has 1 heterocycles. The Labute approximate surface area is 121 Å². The van der Waals surface area contributed by atoms with Crippen molar-refractivity contribution in [3.8, 4) is 0 Å². The molecule has 0 unspecified atom stereocenters. The normalized spacial score (nSPS) is 10.3. The molecular weight excluding hydrogens is 283 g/mol. The predicted octanol–water partition coefficient (Wildman–Crippen LogP) is 4.26. The number of carbonyl (C=O) groups is 1. The van der Waals surface area contributed by atoms with Crippen molar-refractivity contribution in [2.75, 3.05) is 5.32 Å². The molecular formula is C14H12Cl2N2O. The number of nitrogens with one attached hydrogen (secondary N) is 1. The van der Waals surface area contributed by atoms with E-state index in [9.17, 15) is 4.79 Å². The summed E-state index contributed by atoms with van der Waals surface area (Å²) in [5, 5.41) is 3.67.